The Morgan fingerprint density at radius 2 is 1.57 bits per heavy atom. The normalized spacial score (nSPS) is 57.3. The van der Waals surface area contributed by atoms with E-state index in [0.717, 1.165) is 36.0 Å². The second-order valence-corrected chi connectivity index (χ2v) is 13.9. The summed E-state index contributed by atoms with van der Waals surface area (Å²) in [6.45, 7) is 17.9. The van der Waals surface area contributed by atoms with Crippen LogP contribution in [0.1, 0.15) is 106 Å². The van der Waals surface area contributed by atoms with Crippen molar-refractivity contribution in [3.63, 3.8) is 0 Å². The van der Waals surface area contributed by atoms with Crippen molar-refractivity contribution in [2.24, 2.45) is 57.2 Å². The largest absolute Gasteiger partial charge is 0.393 e. The van der Waals surface area contributed by atoms with Gasteiger partial charge in [-0.1, -0.05) is 66.5 Å². The maximum atomic E-state index is 10.9. The summed E-state index contributed by atoms with van der Waals surface area (Å²) in [5, 5.41) is 10.9. The highest BCUT2D eigenvalue weighted by atomic mass is 16.3. The van der Waals surface area contributed by atoms with E-state index in [4.69, 9.17) is 0 Å². The molecule has 5 aliphatic rings. The fourth-order valence-electron chi connectivity index (χ4n) is 10.5. The monoisotopic (exact) mass is 412 g/mol. The fourth-order valence-corrected chi connectivity index (χ4v) is 10.5. The quantitative estimate of drug-likeness (QED) is 0.405. The molecule has 1 nitrogen and oxygen atoms in total. The fraction of sp³-hybridized carbons (Fsp3) is 0.931. The first-order valence-electron chi connectivity index (χ1n) is 13.4. The maximum Gasteiger partial charge on any atom is 0.0594 e. The van der Waals surface area contributed by atoms with E-state index in [2.05, 4.69) is 54.5 Å². The lowest BCUT2D eigenvalue weighted by Gasteiger charge is -2.70. The van der Waals surface area contributed by atoms with E-state index in [0.29, 0.717) is 22.2 Å². The van der Waals surface area contributed by atoms with Crippen LogP contribution in [0.15, 0.2) is 11.6 Å². The third-order valence-corrected chi connectivity index (χ3v) is 12.8. The minimum Gasteiger partial charge on any atom is -0.393 e. The van der Waals surface area contributed by atoms with Crippen LogP contribution >= 0.6 is 0 Å². The maximum absolute atomic E-state index is 10.9. The van der Waals surface area contributed by atoms with Gasteiger partial charge in [-0.15, -0.1) is 0 Å². The second kappa shape index (κ2) is 6.61. The number of aliphatic hydroxyl groups is 1. The predicted molar refractivity (Wildman–Crippen MR) is 126 cm³/mol. The van der Waals surface area contributed by atoms with Gasteiger partial charge in [-0.2, -0.15) is 0 Å². The zero-order valence-electron chi connectivity index (χ0n) is 20.9. The van der Waals surface area contributed by atoms with E-state index in [1.165, 1.54) is 51.4 Å². The van der Waals surface area contributed by atoms with Crippen molar-refractivity contribution in [2.45, 2.75) is 112 Å². The Balaban J connectivity index is 1.57. The Morgan fingerprint density at radius 3 is 2.30 bits per heavy atom. The molecule has 30 heavy (non-hydrogen) atoms. The van der Waals surface area contributed by atoms with Gasteiger partial charge in [0.05, 0.1) is 6.10 Å². The van der Waals surface area contributed by atoms with Crippen LogP contribution in [-0.4, -0.2) is 11.2 Å². The van der Waals surface area contributed by atoms with Crippen LogP contribution in [0.4, 0.5) is 0 Å². The summed E-state index contributed by atoms with van der Waals surface area (Å²) in [5.74, 6) is 4.97. The Labute approximate surface area is 186 Å². The molecule has 4 saturated carbocycles. The topological polar surface area (TPSA) is 20.2 Å². The molecule has 0 bridgehead atoms. The molecule has 0 unspecified atom stereocenters. The highest BCUT2D eigenvalue weighted by Gasteiger charge is 2.66. The van der Waals surface area contributed by atoms with Crippen molar-refractivity contribution in [3.8, 4) is 0 Å². The van der Waals surface area contributed by atoms with Crippen LogP contribution in [0.3, 0.4) is 0 Å². The third-order valence-electron chi connectivity index (χ3n) is 12.8. The lowest BCUT2D eigenvalue weighted by Crippen LogP contribution is -2.64. The highest BCUT2D eigenvalue weighted by molar-refractivity contribution is 5.32. The molecule has 1 N–H and O–H groups in total. The summed E-state index contributed by atoms with van der Waals surface area (Å²) < 4.78 is 0. The smallest absolute Gasteiger partial charge is 0.0594 e. The second-order valence-electron chi connectivity index (χ2n) is 13.9. The molecule has 1 heteroatoms. The average molecular weight is 413 g/mol. The zero-order valence-corrected chi connectivity index (χ0v) is 20.9. The number of aliphatic hydroxyl groups excluding tert-OH is 1. The molecule has 0 aromatic rings. The first kappa shape index (κ1) is 21.5. The first-order chi connectivity index (χ1) is 14.0. The molecule has 170 valence electrons. The van der Waals surface area contributed by atoms with Crippen molar-refractivity contribution in [2.75, 3.05) is 0 Å². The van der Waals surface area contributed by atoms with E-state index >= 15 is 0 Å². The van der Waals surface area contributed by atoms with Gasteiger partial charge >= 0.3 is 0 Å². The number of hydrogen-bond acceptors (Lipinski definition) is 1. The molecule has 0 radical (unpaired) electrons. The van der Waals surface area contributed by atoms with Gasteiger partial charge in [-0.3, -0.25) is 0 Å². The Morgan fingerprint density at radius 1 is 0.833 bits per heavy atom. The summed E-state index contributed by atoms with van der Waals surface area (Å²) in [7, 11) is 0. The highest BCUT2D eigenvalue weighted by Crippen LogP contribution is 2.74. The number of allylic oxidation sites excluding steroid dienone is 2. The van der Waals surface area contributed by atoms with E-state index < -0.39 is 0 Å². The van der Waals surface area contributed by atoms with Crippen LogP contribution in [-0.2, 0) is 0 Å². The standard InChI is InChI=1S/C29H48O/c1-18-8-9-20-12-16-28(6)21(25(20)19(18)2)10-11-23-27(5)15-14-24(30)26(3,4)22(27)13-17-29(23,28)7/h10,18-20,22-25,30H,8-9,11-17H2,1-7H3/t18-,19+,20-,22+,23-,24+,25-,27+,28-,29-/m1/s1. The lowest BCUT2D eigenvalue weighted by atomic mass is 9.34. The SMILES string of the molecule is C[C@@H]1[C@H]2C3=CC[C@@H]4[C@@]5(C)CC[C@H](O)C(C)(C)[C@@H]5CC[C@@]4(C)[C@]3(C)CC[C@H]2CC[C@H]1C. The van der Waals surface area contributed by atoms with Gasteiger partial charge in [0, 0.05) is 0 Å². The predicted octanol–water partition coefficient (Wildman–Crippen LogP) is 7.63. The van der Waals surface area contributed by atoms with E-state index in [1.54, 1.807) is 0 Å². The molecular formula is C29H48O. The summed E-state index contributed by atoms with van der Waals surface area (Å²) in [5.41, 5.74) is 3.14. The molecule has 0 aliphatic heterocycles. The number of rotatable bonds is 0. The van der Waals surface area contributed by atoms with Crippen LogP contribution < -0.4 is 0 Å². The minimum absolute atomic E-state index is 0.0597. The van der Waals surface area contributed by atoms with Gasteiger partial charge in [0.15, 0.2) is 0 Å². The van der Waals surface area contributed by atoms with Crippen molar-refractivity contribution in [3.05, 3.63) is 11.6 Å². The Hall–Kier alpha value is -0.300. The number of fused-ring (bicyclic) bond motifs is 7. The Kier molecular flexibility index (Phi) is 4.75. The molecule has 0 heterocycles. The van der Waals surface area contributed by atoms with Gasteiger partial charge in [0.2, 0.25) is 0 Å². The molecule has 4 fully saturated rings. The van der Waals surface area contributed by atoms with Gasteiger partial charge < -0.3 is 5.11 Å². The summed E-state index contributed by atoms with van der Waals surface area (Å²) in [4.78, 5) is 0. The van der Waals surface area contributed by atoms with E-state index in [-0.39, 0.29) is 11.5 Å². The van der Waals surface area contributed by atoms with E-state index in [9.17, 15) is 5.11 Å². The Bertz CT molecular complexity index is 733. The molecule has 5 aliphatic carbocycles. The lowest BCUT2D eigenvalue weighted by molar-refractivity contribution is -0.200. The van der Waals surface area contributed by atoms with Gasteiger partial charge in [-0.25, -0.2) is 0 Å². The van der Waals surface area contributed by atoms with Gasteiger partial charge in [-0.05, 0) is 109 Å². The van der Waals surface area contributed by atoms with Crippen LogP contribution in [0.2, 0.25) is 0 Å². The molecule has 5 rings (SSSR count). The van der Waals surface area contributed by atoms with Crippen molar-refractivity contribution < 1.29 is 5.11 Å². The molecule has 0 amide bonds. The summed E-state index contributed by atoms with van der Waals surface area (Å²) in [6, 6.07) is 0. The van der Waals surface area contributed by atoms with Crippen LogP contribution in [0.5, 0.6) is 0 Å². The molecule has 0 spiro atoms. The van der Waals surface area contributed by atoms with Gasteiger partial charge in [0.1, 0.15) is 0 Å². The van der Waals surface area contributed by atoms with E-state index in [1.807, 2.05) is 5.57 Å². The minimum atomic E-state index is -0.120. The first-order valence-corrected chi connectivity index (χ1v) is 13.4. The molecular weight excluding hydrogens is 364 g/mol. The average Bonchev–Trinajstić information content (AvgIpc) is 2.68. The van der Waals surface area contributed by atoms with Crippen LogP contribution in [0.25, 0.3) is 0 Å². The zero-order chi connectivity index (χ0) is 21.7. The summed E-state index contributed by atoms with van der Waals surface area (Å²) in [6.07, 6.45) is 14.7. The molecule has 0 aromatic heterocycles. The van der Waals surface area contributed by atoms with Gasteiger partial charge in [0.25, 0.3) is 0 Å². The molecule has 10 atom stereocenters. The van der Waals surface area contributed by atoms with Crippen molar-refractivity contribution in [1.82, 2.24) is 0 Å². The number of hydrogen-bond donors (Lipinski definition) is 1. The molecule has 0 saturated heterocycles. The summed E-state index contributed by atoms with van der Waals surface area (Å²) >= 11 is 0. The van der Waals surface area contributed by atoms with Crippen molar-refractivity contribution in [1.29, 1.82) is 0 Å². The van der Waals surface area contributed by atoms with Crippen molar-refractivity contribution >= 4 is 0 Å². The van der Waals surface area contributed by atoms with Crippen LogP contribution in [0, 0.1) is 57.2 Å². The third kappa shape index (κ3) is 2.51. The molecule has 0 aromatic carbocycles.